The Morgan fingerprint density at radius 2 is 2.18 bits per heavy atom. The number of amides is 1. The molecule has 0 heterocycles. The lowest BCUT2D eigenvalue weighted by molar-refractivity contribution is -0.119. The Hall–Kier alpha value is -0.870. The molecule has 0 saturated carbocycles. The van der Waals surface area contributed by atoms with Crippen LogP contribution in [0.5, 0.6) is 0 Å². The van der Waals surface area contributed by atoms with E-state index in [1.165, 1.54) is 0 Å². The number of benzene rings is 1. The Bertz CT molecular complexity index is 393. The van der Waals surface area contributed by atoms with Crippen molar-refractivity contribution < 1.29 is 4.79 Å². The maximum atomic E-state index is 11.9. The average Bonchev–Trinajstić information content (AvgIpc) is 2.30. The molecule has 2 N–H and O–H groups in total. The number of anilines is 1. The van der Waals surface area contributed by atoms with Crippen LogP contribution in [-0.2, 0) is 4.79 Å². The number of carbonyl (C=O) groups excluding carboxylic acids is 1. The van der Waals surface area contributed by atoms with Crippen molar-refractivity contribution in [2.75, 3.05) is 18.4 Å². The maximum absolute atomic E-state index is 11.9. The first-order valence-electron chi connectivity index (χ1n) is 5.82. The summed E-state index contributed by atoms with van der Waals surface area (Å²) in [5, 5.41) is 6.12. The van der Waals surface area contributed by atoms with Crippen LogP contribution in [0.4, 0.5) is 5.69 Å². The Morgan fingerprint density at radius 1 is 1.47 bits per heavy atom. The molecule has 0 aliphatic carbocycles. The van der Waals surface area contributed by atoms with Gasteiger partial charge in [-0.2, -0.15) is 0 Å². The van der Waals surface area contributed by atoms with Crippen LogP contribution in [0.3, 0.4) is 0 Å². The van der Waals surface area contributed by atoms with Gasteiger partial charge in [-0.05, 0) is 31.2 Å². The lowest BCUT2D eigenvalue weighted by Crippen LogP contribution is -2.30. The standard InChI is InChI=1S/C13H19BrN2O/c1-4-15-8-10(3)13(17)16-12-7-11(14)6-5-9(12)2/h5-7,10,15H,4,8H2,1-3H3,(H,16,17). The van der Waals surface area contributed by atoms with Gasteiger partial charge in [0.1, 0.15) is 0 Å². The van der Waals surface area contributed by atoms with Crippen molar-refractivity contribution in [3.05, 3.63) is 28.2 Å². The van der Waals surface area contributed by atoms with Crippen LogP contribution in [0.25, 0.3) is 0 Å². The third-order valence-corrected chi connectivity index (χ3v) is 3.10. The van der Waals surface area contributed by atoms with Crippen molar-refractivity contribution in [2.24, 2.45) is 5.92 Å². The number of halogens is 1. The quantitative estimate of drug-likeness (QED) is 0.877. The topological polar surface area (TPSA) is 41.1 Å². The van der Waals surface area contributed by atoms with Crippen molar-refractivity contribution in [3.8, 4) is 0 Å². The predicted octanol–water partition coefficient (Wildman–Crippen LogP) is 2.94. The summed E-state index contributed by atoms with van der Waals surface area (Å²) in [6, 6.07) is 5.87. The van der Waals surface area contributed by atoms with E-state index in [9.17, 15) is 4.79 Å². The Labute approximate surface area is 111 Å². The smallest absolute Gasteiger partial charge is 0.228 e. The average molecular weight is 299 g/mol. The minimum absolute atomic E-state index is 0.0340. The van der Waals surface area contributed by atoms with Gasteiger partial charge in [0.15, 0.2) is 0 Å². The van der Waals surface area contributed by atoms with Crippen molar-refractivity contribution in [1.29, 1.82) is 0 Å². The van der Waals surface area contributed by atoms with Gasteiger partial charge in [0.25, 0.3) is 0 Å². The van der Waals surface area contributed by atoms with E-state index in [-0.39, 0.29) is 11.8 Å². The van der Waals surface area contributed by atoms with E-state index in [0.717, 1.165) is 22.3 Å². The highest BCUT2D eigenvalue weighted by Crippen LogP contribution is 2.21. The first-order valence-corrected chi connectivity index (χ1v) is 6.61. The summed E-state index contributed by atoms with van der Waals surface area (Å²) in [6.45, 7) is 7.52. The highest BCUT2D eigenvalue weighted by Gasteiger charge is 2.13. The van der Waals surface area contributed by atoms with Gasteiger partial charge >= 0.3 is 0 Å². The minimum Gasteiger partial charge on any atom is -0.326 e. The second-order valence-electron chi connectivity index (χ2n) is 4.16. The Kier molecular flexibility index (Phi) is 5.65. The normalized spacial score (nSPS) is 12.2. The second kappa shape index (κ2) is 6.77. The van der Waals surface area contributed by atoms with Crippen LogP contribution in [0.1, 0.15) is 19.4 Å². The number of aryl methyl sites for hydroxylation is 1. The lowest BCUT2D eigenvalue weighted by atomic mass is 10.1. The summed E-state index contributed by atoms with van der Waals surface area (Å²) in [5.41, 5.74) is 1.94. The van der Waals surface area contributed by atoms with Crippen LogP contribution in [0.2, 0.25) is 0 Å². The highest BCUT2D eigenvalue weighted by atomic mass is 79.9. The molecule has 1 rings (SSSR count). The van der Waals surface area contributed by atoms with Gasteiger partial charge in [-0.1, -0.05) is 35.8 Å². The third kappa shape index (κ3) is 4.48. The maximum Gasteiger partial charge on any atom is 0.228 e. The van der Waals surface area contributed by atoms with Crippen molar-refractivity contribution in [2.45, 2.75) is 20.8 Å². The van der Waals surface area contributed by atoms with Crippen LogP contribution < -0.4 is 10.6 Å². The molecule has 0 radical (unpaired) electrons. The van der Waals surface area contributed by atoms with Crippen LogP contribution in [0.15, 0.2) is 22.7 Å². The molecule has 1 aromatic carbocycles. The highest BCUT2D eigenvalue weighted by molar-refractivity contribution is 9.10. The van der Waals surface area contributed by atoms with Crippen LogP contribution in [0, 0.1) is 12.8 Å². The number of hydrogen-bond donors (Lipinski definition) is 2. The summed E-state index contributed by atoms with van der Waals surface area (Å²) in [4.78, 5) is 11.9. The van der Waals surface area contributed by atoms with Gasteiger partial charge in [-0.25, -0.2) is 0 Å². The fourth-order valence-electron chi connectivity index (χ4n) is 1.44. The van der Waals surface area contributed by atoms with Crippen LogP contribution in [-0.4, -0.2) is 19.0 Å². The van der Waals surface area contributed by atoms with Gasteiger partial charge in [0.2, 0.25) is 5.91 Å². The molecule has 0 aliphatic heterocycles. The number of rotatable bonds is 5. The largest absolute Gasteiger partial charge is 0.326 e. The Balaban J connectivity index is 2.64. The first-order chi connectivity index (χ1) is 8.04. The van der Waals surface area contributed by atoms with E-state index in [0.29, 0.717) is 6.54 Å². The summed E-state index contributed by atoms with van der Waals surface area (Å²) in [5.74, 6) is 0.0143. The molecule has 1 atom stereocenters. The number of nitrogens with one attached hydrogen (secondary N) is 2. The first kappa shape index (κ1) is 14.2. The molecule has 0 bridgehead atoms. The monoisotopic (exact) mass is 298 g/mol. The molecule has 0 aliphatic rings. The summed E-state index contributed by atoms with van der Waals surface area (Å²) in [6.07, 6.45) is 0. The predicted molar refractivity (Wildman–Crippen MR) is 75.2 cm³/mol. The minimum atomic E-state index is -0.0340. The molecule has 1 aromatic rings. The van der Waals surface area contributed by atoms with E-state index >= 15 is 0 Å². The fourth-order valence-corrected chi connectivity index (χ4v) is 1.80. The third-order valence-electron chi connectivity index (χ3n) is 2.61. The SMILES string of the molecule is CCNCC(C)C(=O)Nc1cc(Br)ccc1C. The van der Waals surface area contributed by atoms with Gasteiger partial charge < -0.3 is 10.6 Å². The molecule has 0 saturated heterocycles. The molecular formula is C13H19BrN2O. The van der Waals surface area contributed by atoms with Gasteiger partial charge in [-0.15, -0.1) is 0 Å². The van der Waals surface area contributed by atoms with Crippen molar-refractivity contribution in [3.63, 3.8) is 0 Å². The molecule has 4 heteroatoms. The second-order valence-corrected chi connectivity index (χ2v) is 5.07. The number of hydrogen-bond acceptors (Lipinski definition) is 2. The van der Waals surface area contributed by atoms with E-state index in [1.807, 2.05) is 39.0 Å². The molecule has 1 unspecified atom stereocenters. The molecule has 0 aromatic heterocycles. The van der Waals surface area contributed by atoms with E-state index in [2.05, 4.69) is 26.6 Å². The molecule has 3 nitrogen and oxygen atoms in total. The molecule has 1 amide bonds. The Morgan fingerprint density at radius 3 is 2.82 bits per heavy atom. The molecule has 94 valence electrons. The molecule has 17 heavy (non-hydrogen) atoms. The van der Waals surface area contributed by atoms with Crippen molar-refractivity contribution >= 4 is 27.5 Å². The van der Waals surface area contributed by atoms with E-state index in [1.54, 1.807) is 0 Å². The zero-order valence-corrected chi connectivity index (χ0v) is 12.1. The van der Waals surface area contributed by atoms with E-state index < -0.39 is 0 Å². The fraction of sp³-hybridized carbons (Fsp3) is 0.462. The van der Waals surface area contributed by atoms with Gasteiger partial charge in [0.05, 0.1) is 0 Å². The number of carbonyl (C=O) groups is 1. The van der Waals surface area contributed by atoms with Crippen molar-refractivity contribution in [1.82, 2.24) is 5.32 Å². The van der Waals surface area contributed by atoms with Crippen LogP contribution >= 0.6 is 15.9 Å². The molecular weight excluding hydrogens is 280 g/mol. The molecule has 0 spiro atoms. The summed E-state index contributed by atoms with van der Waals surface area (Å²) < 4.78 is 0.970. The summed E-state index contributed by atoms with van der Waals surface area (Å²) in [7, 11) is 0. The lowest BCUT2D eigenvalue weighted by Gasteiger charge is -2.14. The zero-order valence-electron chi connectivity index (χ0n) is 10.5. The molecule has 0 fully saturated rings. The summed E-state index contributed by atoms with van der Waals surface area (Å²) >= 11 is 3.40. The van der Waals surface area contributed by atoms with E-state index in [4.69, 9.17) is 0 Å². The zero-order chi connectivity index (χ0) is 12.8. The van der Waals surface area contributed by atoms with Gasteiger partial charge in [-0.3, -0.25) is 4.79 Å². The van der Waals surface area contributed by atoms with Gasteiger partial charge in [0, 0.05) is 22.6 Å².